The summed E-state index contributed by atoms with van der Waals surface area (Å²) in [5.74, 6) is 1.92. The van der Waals surface area contributed by atoms with Crippen molar-refractivity contribution in [2.45, 2.75) is 30.8 Å². The molecule has 0 unspecified atom stereocenters. The van der Waals surface area contributed by atoms with Crippen LogP contribution in [0.3, 0.4) is 0 Å². The quantitative estimate of drug-likeness (QED) is 0.322. The third-order valence-electron chi connectivity index (χ3n) is 4.23. The van der Waals surface area contributed by atoms with Crippen LogP contribution in [0.25, 0.3) is 21.6 Å². The molecule has 0 aliphatic heterocycles. The summed E-state index contributed by atoms with van der Waals surface area (Å²) in [4.78, 5) is 23.7. The van der Waals surface area contributed by atoms with Crippen molar-refractivity contribution in [2.75, 3.05) is 13.2 Å². The van der Waals surface area contributed by atoms with E-state index in [4.69, 9.17) is 4.74 Å². The van der Waals surface area contributed by atoms with Crippen molar-refractivity contribution in [3.63, 3.8) is 0 Å². The summed E-state index contributed by atoms with van der Waals surface area (Å²) in [6.07, 6.45) is 4.34. The Labute approximate surface area is 175 Å². The van der Waals surface area contributed by atoms with E-state index in [2.05, 4.69) is 29.7 Å². The van der Waals surface area contributed by atoms with Crippen LogP contribution in [0, 0.1) is 0 Å². The summed E-state index contributed by atoms with van der Waals surface area (Å²) >= 11 is 2.90. The van der Waals surface area contributed by atoms with Crippen molar-refractivity contribution < 1.29 is 4.74 Å². The molecule has 0 aliphatic rings. The molecule has 150 valence electrons. The van der Waals surface area contributed by atoms with Crippen LogP contribution < -0.4 is 5.56 Å². The van der Waals surface area contributed by atoms with E-state index in [1.54, 1.807) is 12.4 Å². The van der Waals surface area contributed by atoms with Crippen molar-refractivity contribution >= 4 is 33.3 Å². The number of hydrogen-bond acceptors (Lipinski definition) is 8. The molecular weight excluding hydrogens is 408 g/mol. The summed E-state index contributed by atoms with van der Waals surface area (Å²) in [5.41, 5.74) is 1.59. The van der Waals surface area contributed by atoms with Crippen molar-refractivity contribution in [3.05, 3.63) is 52.2 Å². The highest BCUT2D eigenvalue weighted by atomic mass is 32.2. The summed E-state index contributed by atoms with van der Waals surface area (Å²) < 4.78 is 8.21. The van der Waals surface area contributed by atoms with E-state index in [1.807, 2.05) is 30.5 Å². The molecule has 0 saturated heterocycles. The van der Waals surface area contributed by atoms with Gasteiger partial charge in [-0.2, -0.15) is 0 Å². The second-order valence-corrected chi connectivity index (χ2v) is 8.04. The lowest BCUT2D eigenvalue weighted by Crippen LogP contribution is -2.10. The molecule has 4 aromatic heterocycles. The van der Waals surface area contributed by atoms with Gasteiger partial charge in [0.15, 0.2) is 11.0 Å². The van der Waals surface area contributed by atoms with Crippen LogP contribution in [0.1, 0.15) is 19.2 Å². The number of pyridine rings is 1. The van der Waals surface area contributed by atoms with Gasteiger partial charge in [-0.1, -0.05) is 11.8 Å². The van der Waals surface area contributed by atoms with Gasteiger partial charge in [-0.25, -0.2) is 4.98 Å². The number of hydrogen-bond donors (Lipinski definition) is 1. The lowest BCUT2D eigenvalue weighted by molar-refractivity contribution is 0.141. The predicted octanol–water partition coefficient (Wildman–Crippen LogP) is 3.36. The molecule has 4 heterocycles. The second-order valence-electron chi connectivity index (χ2n) is 6.18. The molecule has 0 amide bonds. The Hall–Kier alpha value is -2.56. The van der Waals surface area contributed by atoms with Gasteiger partial charge in [0.25, 0.3) is 5.56 Å². The van der Waals surface area contributed by atoms with Gasteiger partial charge in [-0.3, -0.25) is 9.78 Å². The second kappa shape index (κ2) is 9.29. The molecule has 8 nitrogen and oxygen atoms in total. The van der Waals surface area contributed by atoms with E-state index in [0.29, 0.717) is 29.5 Å². The Morgan fingerprint density at radius 2 is 2.10 bits per heavy atom. The highest BCUT2D eigenvalue weighted by Gasteiger charge is 2.15. The van der Waals surface area contributed by atoms with Crippen LogP contribution in [-0.4, -0.2) is 42.9 Å². The van der Waals surface area contributed by atoms with Gasteiger partial charge in [-0.15, -0.1) is 21.5 Å². The van der Waals surface area contributed by atoms with Crippen LogP contribution in [0.4, 0.5) is 0 Å². The average Bonchev–Trinajstić information content (AvgIpc) is 3.37. The molecule has 29 heavy (non-hydrogen) atoms. The van der Waals surface area contributed by atoms with Gasteiger partial charge in [0.05, 0.1) is 11.3 Å². The molecule has 4 aromatic rings. The minimum atomic E-state index is -0.101. The maximum atomic E-state index is 12.2. The van der Waals surface area contributed by atoms with Gasteiger partial charge in [0.2, 0.25) is 0 Å². The molecule has 0 aromatic carbocycles. The van der Waals surface area contributed by atoms with Crippen LogP contribution >= 0.6 is 23.1 Å². The number of nitrogens with one attached hydrogen (secondary N) is 1. The molecule has 0 atom stereocenters. The highest BCUT2D eigenvalue weighted by molar-refractivity contribution is 7.98. The fraction of sp³-hybridized carbons (Fsp3) is 0.316. The Kier molecular flexibility index (Phi) is 6.33. The maximum Gasteiger partial charge on any atom is 0.268 e. The largest absolute Gasteiger partial charge is 0.382 e. The van der Waals surface area contributed by atoms with Gasteiger partial charge in [0, 0.05) is 37.7 Å². The van der Waals surface area contributed by atoms with Crippen molar-refractivity contribution in [3.8, 4) is 11.4 Å². The average molecular weight is 429 g/mol. The molecule has 0 spiro atoms. The number of fused-ring (bicyclic) bond motifs is 1. The molecule has 0 saturated carbocycles. The lowest BCUT2D eigenvalue weighted by Gasteiger charge is -2.10. The molecule has 0 fully saturated rings. The zero-order valence-electron chi connectivity index (χ0n) is 15.9. The topological polar surface area (TPSA) is 98.6 Å². The van der Waals surface area contributed by atoms with E-state index in [0.717, 1.165) is 35.0 Å². The van der Waals surface area contributed by atoms with E-state index < -0.39 is 0 Å². The van der Waals surface area contributed by atoms with Crippen LogP contribution in [0.2, 0.25) is 0 Å². The number of thioether (sulfide) groups is 1. The molecule has 0 aliphatic carbocycles. The molecule has 1 N–H and O–H groups in total. The zero-order chi connectivity index (χ0) is 20.1. The van der Waals surface area contributed by atoms with E-state index in [1.165, 1.54) is 23.1 Å². The van der Waals surface area contributed by atoms with E-state index in [-0.39, 0.29) is 5.56 Å². The fourth-order valence-electron chi connectivity index (χ4n) is 2.90. The molecule has 0 bridgehead atoms. The number of aromatic nitrogens is 6. The highest BCUT2D eigenvalue weighted by Crippen LogP contribution is 2.26. The van der Waals surface area contributed by atoms with E-state index in [9.17, 15) is 4.79 Å². The number of thiophene rings is 1. The molecule has 0 radical (unpaired) electrons. The Morgan fingerprint density at radius 3 is 2.93 bits per heavy atom. The first-order chi connectivity index (χ1) is 14.3. The number of rotatable bonds is 9. The normalized spacial score (nSPS) is 11.3. The monoisotopic (exact) mass is 428 g/mol. The first kappa shape index (κ1) is 19.7. The Morgan fingerprint density at radius 1 is 1.24 bits per heavy atom. The summed E-state index contributed by atoms with van der Waals surface area (Å²) in [5, 5.41) is 11.4. The SMILES string of the molecule is CCOCCCn1c(SCc2nc3ccsc3c(=O)[nH]2)nnc1-c1ccncc1. The van der Waals surface area contributed by atoms with Gasteiger partial charge in [-0.05, 0) is 36.9 Å². The summed E-state index contributed by atoms with van der Waals surface area (Å²) in [6.45, 7) is 4.10. The number of H-pyrrole nitrogens is 1. The van der Waals surface area contributed by atoms with Gasteiger partial charge < -0.3 is 14.3 Å². The van der Waals surface area contributed by atoms with Crippen LogP contribution in [-0.2, 0) is 17.0 Å². The van der Waals surface area contributed by atoms with Gasteiger partial charge in [0.1, 0.15) is 10.5 Å². The van der Waals surface area contributed by atoms with Gasteiger partial charge >= 0.3 is 0 Å². The standard InChI is InChI=1S/C19H20N6O2S2/c1-2-27-10-3-9-25-17(13-4-7-20-8-5-13)23-24-19(25)29-12-15-21-14-6-11-28-16(14)18(26)22-15/h4-8,11H,2-3,9-10,12H2,1H3,(H,21,22,26). The van der Waals surface area contributed by atoms with E-state index >= 15 is 0 Å². The van der Waals surface area contributed by atoms with Crippen molar-refractivity contribution in [1.82, 2.24) is 29.7 Å². The molecular formula is C19H20N6O2S2. The minimum absolute atomic E-state index is 0.101. The van der Waals surface area contributed by atoms with Crippen LogP contribution in [0.5, 0.6) is 0 Å². The number of aromatic amines is 1. The number of nitrogens with zero attached hydrogens (tertiary/aromatic N) is 5. The lowest BCUT2D eigenvalue weighted by atomic mass is 10.2. The van der Waals surface area contributed by atoms with Crippen molar-refractivity contribution in [2.24, 2.45) is 0 Å². The maximum absolute atomic E-state index is 12.2. The predicted molar refractivity (Wildman–Crippen MR) is 114 cm³/mol. The zero-order valence-corrected chi connectivity index (χ0v) is 17.5. The Balaban J connectivity index is 1.56. The third kappa shape index (κ3) is 4.55. The number of ether oxygens (including phenoxy) is 1. The summed E-state index contributed by atoms with van der Waals surface area (Å²) in [7, 11) is 0. The first-order valence-corrected chi connectivity index (χ1v) is 11.1. The minimum Gasteiger partial charge on any atom is -0.382 e. The third-order valence-corrected chi connectivity index (χ3v) is 6.11. The molecule has 4 rings (SSSR count). The fourth-order valence-corrected chi connectivity index (χ4v) is 4.46. The first-order valence-electron chi connectivity index (χ1n) is 9.27. The van der Waals surface area contributed by atoms with Crippen LogP contribution in [0.15, 0.2) is 45.9 Å². The Bertz CT molecular complexity index is 1140. The summed E-state index contributed by atoms with van der Waals surface area (Å²) in [6, 6.07) is 5.70. The molecule has 10 heteroatoms. The van der Waals surface area contributed by atoms with Crippen molar-refractivity contribution in [1.29, 1.82) is 0 Å². The smallest absolute Gasteiger partial charge is 0.268 e.